The first-order chi connectivity index (χ1) is 48.1. The summed E-state index contributed by atoms with van der Waals surface area (Å²) in [5.74, 6) is 0. The van der Waals surface area contributed by atoms with Crippen LogP contribution in [0.2, 0.25) is 0 Å². The zero-order valence-corrected chi connectivity index (χ0v) is 55.0. The molecule has 18 aromatic rings. The summed E-state index contributed by atoms with van der Waals surface area (Å²) in [6, 6.07) is 123. The molecule has 20 rings (SSSR count). The van der Waals surface area contributed by atoms with E-state index in [9.17, 15) is 0 Å². The lowest BCUT2D eigenvalue weighted by molar-refractivity contribution is 0.660. The number of hydrogen-bond donors (Lipinski definition) is 0. The first-order valence-electron chi connectivity index (χ1n) is 34.3. The molecule has 98 heavy (non-hydrogen) atoms. The fourth-order valence-electron chi connectivity index (χ4n) is 17.3. The molecule has 4 heteroatoms. The topological polar surface area (TPSA) is 18.0 Å². The quantitative estimate of drug-likeness (QED) is 0.141. The van der Waals surface area contributed by atoms with Crippen LogP contribution in [0.25, 0.3) is 149 Å². The van der Waals surface area contributed by atoms with Gasteiger partial charge in [0.15, 0.2) is 0 Å². The van der Waals surface area contributed by atoms with Crippen LogP contribution in [0.1, 0.15) is 49.9 Å². The third kappa shape index (κ3) is 8.25. The molecule has 0 unspecified atom stereocenters. The van der Waals surface area contributed by atoms with Crippen molar-refractivity contribution in [1.82, 2.24) is 13.7 Å². The van der Waals surface area contributed by atoms with Crippen molar-refractivity contribution in [3.63, 3.8) is 0 Å². The second-order valence-corrected chi connectivity index (χ2v) is 28.0. The highest BCUT2D eigenvalue weighted by atomic mass is 15.1. The van der Waals surface area contributed by atoms with Gasteiger partial charge in [-0.1, -0.05) is 228 Å². The van der Waals surface area contributed by atoms with E-state index in [4.69, 9.17) is 0 Å². The summed E-state index contributed by atoms with van der Waals surface area (Å²) in [4.78, 5) is 2.56. The number of hydrogen-bond acceptors (Lipinski definition) is 1. The number of benzene rings is 15. The lowest BCUT2D eigenvalue weighted by Gasteiger charge is -2.31. The van der Waals surface area contributed by atoms with Gasteiger partial charge in [0.25, 0.3) is 0 Å². The number of anilines is 3. The van der Waals surface area contributed by atoms with Gasteiger partial charge in [0.1, 0.15) is 0 Å². The van der Waals surface area contributed by atoms with E-state index < -0.39 is 0 Å². The Morgan fingerprint density at radius 1 is 0.214 bits per heavy atom. The summed E-state index contributed by atoms with van der Waals surface area (Å²) in [7, 11) is 0. The van der Waals surface area contributed by atoms with Gasteiger partial charge in [-0.25, -0.2) is 0 Å². The molecular weight excluding hydrogens is 1190 g/mol. The number of rotatable bonds is 9. The van der Waals surface area contributed by atoms with E-state index >= 15 is 0 Å². The van der Waals surface area contributed by atoms with Crippen molar-refractivity contribution in [2.45, 2.75) is 38.5 Å². The third-order valence-corrected chi connectivity index (χ3v) is 22.0. The Morgan fingerprint density at radius 2 is 0.541 bits per heavy atom. The minimum absolute atomic E-state index is 0.314. The summed E-state index contributed by atoms with van der Waals surface area (Å²) in [6.07, 6.45) is 0. The normalized spacial score (nSPS) is 13.5. The summed E-state index contributed by atoms with van der Waals surface area (Å²) >= 11 is 0. The van der Waals surface area contributed by atoms with Crippen molar-refractivity contribution in [2.24, 2.45) is 0 Å². The van der Waals surface area contributed by atoms with E-state index in [1.54, 1.807) is 0 Å². The molecule has 0 saturated carbocycles. The van der Waals surface area contributed by atoms with Gasteiger partial charge < -0.3 is 18.6 Å². The standard InChI is InChI=1S/C94H66N4/c1-93(2)82-54-61(59-39-49-90-80(52-59)77-31-17-20-34-87(77)96(90)64-22-8-5-9-23-64)36-43-71(82)73-46-41-67(57-84(73)93)95(89-51-48-69(70-28-14-15-29-75(70)89)63-38-45-79-76-30-16-19-33-86(76)98(92(79)56-63)66-26-12-7-13-27-66)68-42-47-74-72-44-37-62(55-83(72)94(3,4)85(74)58-68)60-40-50-91-81(53-60)78-32-18-21-35-88(78)97(91)65-24-10-6-11-25-65/h5-58H,1-4H3. The molecule has 2 aliphatic carbocycles. The van der Waals surface area contributed by atoms with Gasteiger partial charge in [-0.05, 0) is 211 Å². The van der Waals surface area contributed by atoms with Crippen LogP contribution < -0.4 is 4.90 Å². The fourth-order valence-corrected chi connectivity index (χ4v) is 17.3. The maximum atomic E-state index is 2.56. The van der Waals surface area contributed by atoms with E-state index in [0.29, 0.717) is 0 Å². The number of nitrogens with zero attached hydrogens (tertiary/aromatic N) is 4. The maximum absolute atomic E-state index is 2.56. The van der Waals surface area contributed by atoms with E-state index in [0.717, 1.165) is 22.7 Å². The molecule has 0 aliphatic heterocycles. The van der Waals surface area contributed by atoms with E-state index in [1.165, 1.54) is 165 Å². The van der Waals surface area contributed by atoms with Gasteiger partial charge in [0.2, 0.25) is 0 Å². The monoisotopic (exact) mass is 1250 g/mol. The van der Waals surface area contributed by atoms with Crippen molar-refractivity contribution in [3.8, 4) is 72.7 Å². The van der Waals surface area contributed by atoms with Crippen LogP contribution >= 0.6 is 0 Å². The van der Waals surface area contributed by atoms with Gasteiger partial charge in [-0.2, -0.15) is 0 Å². The molecule has 0 N–H and O–H groups in total. The van der Waals surface area contributed by atoms with Crippen molar-refractivity contribution < 1.29 is 0 Å². The molecule has 0 amide bonds. The molecular formula is C94H66N4. The Hall–Kier alpha value is -12.2. The third-order valence-electron chi connectivity index (χ3n) is 22.0. The van der Waals surface area contributed by atoms with Crippen LogP contribution in [0.3, 0.4) is 0 Å². The van der Waals surface area contributed by atoms with Crippen LogP contribution in [0, 0.1) is 0 Å². The van der Waals surface area contributed by atoms with Crippen molar-refractivity contribution in [2.75, 3.05) is 4.90 Å². The summed E-state index contributed by atoms with van der Waals surface area (Å²) < 4.78 is 7.22. The Labute approximate surface area is 569 Å². The fraction of sp³-hybridized carbons (Fsp3) is 0.0638. The Kier molecular flexibility index (Phi) is 12.1. The highest BCUT2D eigenvalue weighted by Gasteiger charge is 2.39. The molecule has 0 radical (unpaired) electrons. The molecule has 462 valence electrons. The Morgan fingerprint density at radius 3 is 1.01 bits per heavy atom. The molecule has 2 aliphatic rings. The molecule has 0 saturated heterocycles. The van der Waals surface area contributed by atoms with Gasteiger partial charge in [0, 0.05) is 77.0 Å². The SMILES string of the molecule is CC1(C)c2cc(-c3ccc4c(c3)c3ccccc3n4-c3ccccc3)ccc2-c2ccc(N(c3ccc4c(c3)C(C)(C)c3cc(-c5ccc6c(c5)c5ccccc5n6-c5ccccc5)ccc3-4)c3ccc(-c4ccc5c6ccccc6n(-c6ccccc6)c5c4)c4ccccc34)cc21. The van der Waals surface area contributed by atoms with Crippen LogP contribution in [0.15, 0.2) is 328 Å². The van der Waals surface area contributed by atoms with Gasteiger partial charge in [0.05, 0.1) is 38.8 Å². The van der Waals surface area contributed by atoms with E-state index in [2.05, 4.69) is 374 Å². The summed E-state index contributed by atoms with van der Waals surface area (Å²) in [6.45, 7) is 9.70. The van der Waals surface area contributed by atoms with E-state index in [1.807, 2.05) is 0 Å². The minimum atomic E-state index is -0.314. The number of para-hydroxylation sites is 6. The average Bonchev–Trinajstić information content (AvgIpc) is 1.54. The lowest BCUT2D eigenvalue weighted by Crippen LogP contribution is -2.18. The molecule has 0 fully saturated rings. The summed E-state index contributed by atoms with van der Waals surface area (Å²) in [5.41, 5.74) is 31.2. The molecule has 0 atom stereocenters. The van der Waals surface area contributed by atoms with Crippen LogP contribution in [0.4, 0.5) is 17.1 Å². The first kappa shape index (κ1) is 56.1. The highest BCUT2D eigenvalue weighted by Crippen LogP contribution is 2.56. The van der Waals surface area contributed by atoms with Crippen molar-refractivity contribution in [3.05, 3.63) is 350 Å². The Balaban J connectivity index is 0.720. The molecule has 15 aromatic carbocycles. The van der Waals surface area contributed by atoms with Crippen molar-refractivity contribution in [1.29, 1.82) is 0 Å². The zero-order valence-electron chi connectivity index (χ0n) is 55.0. The molecule has 0 spiro atoms. The lowest BCUT2D eigenvalue weighted by atomic mass is 9.81. The molecule has 4 nitrogen and oxygen atoms in total. The average molecular weight is 1250 g/mol. The second kappa shape index (κ2) is 21.1. The molecule has 0 bridgehead atoms. The van der Waals surface area contributed by atoms with E-state index in [-0.39, 0.29) is 10.8 Å². The van der Waals surface area contributed by atoms with Crippen LogP contribution in [0.5, 0.6) is 0 Å². The molecule has 3 aromatic heterocycles. The summed E-state index contributed by atoms with van der Waals surface area (Å²) in [5, 5.41) is 9.89. The zero-order chi connectivity index (χ0) is 65.1. The largest absolute Gasteiger partial charge is 0.310 e. The predicted octanol–water partition coefficient (Wildman–Crippen LogP) is 25.2. The number of aromatic nitrogens is 3. The van der Waals surface area contributed by atoms with Gasteiger partial charge in [-0.3, -0.25) is 0 Å². The second-order valence-electron chi connectivity index (χ2n) is 28.0. The van der Waals surface area contributed by atoms with Crippen molar-refractivity contribution >= 4 is 93.3 Å². The first-order valence-corrected chi connectivity index (χ1v) is 34.3. The van der Waals surface area contributed by atoms with Crippen LogP contribution in [-0.4, -0.2) is 13.7 Å². The van der Waals surface area contributed by atoms with Gasteiger partial charge >= 0.3 is 0 Å². The smallest absolute Gasteiger partial charge is 0.0547 e. The Bertz CT molecular complexity index is 6090. The van der Waals surface area contributed by atoms with Crippen LogP contribution in [-0.2, 0) is 10.8 Å². The number of fused-ring (bicyclic) bond motifs is 16. The van der Waals surface area contributed by atoms with Gasteiger partial charge in [-0.15, -0.1) is 0 Å². The molecule has 3 heterocycles. The maximum Gasteiger partial charge on any atom is 0.0547 e. The highest BCUT2D eigenvalue weighted by molar-refractivity contribution is 6.14. The minimum Gasteiger partial charge on any atom is -0.310 e. The predicted molar refractivity (Wildman–Crippen MR) is 413 cm³/mol.